The molecule has 0 bridgehead atoms. The number of rotatable bonds is 5. The third kappa shape index (κ3) is 3.77. The van der Waals surface area contributed by atoms with Crippen molar-refractivity contribution < 1.29 is 5.11 Å². The number of benzene rings is 1. The van der Waals surface area contributed by atoms with Crippen LogP contribution in [0.1, 0.15) is 5.56 Å². The Labute approximate surface area is 90.7 Å². The van der Waals surface area contributed by atoms with Crippen molar-refractivity contribution in [2.75, 3.05) is 32.9 Å². The Morgan fingerprint density at radius 1 is 1.40 bits per heavy atom. The highest BCUT2D eigenvalue weighted by Gasteiger charge is 2.03. The van der Waals surface area contributed by atoms with Gasteiger partial charge in [0.25, 0.3) is 0 Å². The van der Waals surface area contributed by atoms with Gasteiger partial charge in [0.05, 0.1) is 0 Å². The highest BCUT2D eigenvalue weighted by Crippen LogP contribution is 2.22. The summed E-state index contributed by atoms with van der Waals surface area (Å²) in [7, 11) is 4.05. The first-order valence-electron chi connectivity index (χ1n) is 5.03. The van der Waals surface area contributed by atoms with Crippen LogP contribution in [0.25, 0.3) is 0 Å². The van der Waals surface area contributed by atoms with Gasteiger partial charge in [-0.2, -0.15) is 0 Å². The van der Waals surface area contributed by atoms with E-state index in [4.69, 9.17) is 5.73 Å². The van der Waals surface area contributed by atoms with E-state index in [2.05, 4.69) is 10.2 Å². The summed E-state index contributed by atoms with van der Waals surface area (Å²) in [5, 5.41) is 12.8. The number of likely N-dealkylation sites (N-methyl/N-ethyl adjacent to an activating group) is 1. The summed E-state index contributed by atoms with van der Waals surface area (Å²) in [6.07, 6.45) is 0. The van der Waals surface area contributed by atoms with Crippen molar-refractivity contribution in [1.82, 2.24) is 10.2 Å². The molecule has 1 aromatic carbocycles. The number of nitrogens with two attached hydrogens (primary N) is 1. The Kier molecular flexibility index (Phi) is 4.39. The van der Waals surface area contributed by atoms with Gasteiger partial charge in [0, 0.05) is 30.9 Å². The Bertz CT molecular complexity index is 292. The number of nitrogens with one attached hydrogen (secondary N) is 1. The Hall–Kier alpha value is -1.26. The first kappa shape index (κ1) is 11.8. The minimum atomic E-state index is 0.257. The molecule has 4 nitrogen and oxygen atoms in total. The molecule has 0 atom stereocenters. The molecule has 0 saturated carbocycles. The van der Waals surface area contributed by atoms with E-state index in [1.54, 1.807) is 18.2 Å². The summed E-state index contributed by atoms with van der Waals surface area (Å²) in [5.41, 5.74) is 7.16. The van der Waals surface area contributed by atoms with Crippen LogP contribution in [0.3, 0.4) is 0 Å². The summed E-state index contributed by atoms with van der Waals surface area (Å²) in [5.74, 6) is 0.257. The number of aromatic hydroxyl groups is 1. The van der Waals surface area contributed by atoms with E-state index in [0.717, 1.165) is 18.7 Å². The van der Waals surface area contributed by atoms with E-state index in [1.807, 2.05) is 14.1 Å². The lowest BCUT2D eigenvalue weighted by Gasteiger charge is -2.12. The first-order chi connectivity index (χ1) is 7.11. The molecular formula is C11H19N3O. The molecule has 0 unspecified atom stereocenters. The van der Waals surface area contributed by atoms with E-state index in [-0.39, 0.29) is 5.75 Å². The zero-order chi connectivity index (χ0) is 11.3. The van der Waals surface area contributed by atoms with E-state index in [0.29, 0.717) is 12.2 Å². The zero-order valence-electron chi connectivity index (χ0n) is 9.33. The van der Waals surface area contributed by atoms with Crippen LogP contribution in [-0.2, 0) is 6.54 Å². The second-order valence-electron chi connectivity index (χ2n) is 3.82. The normalized spacial score (nSPS) is 10.9. The fourth-order valence-corrected chi connectivity index (χ4v) is 1.30. The summed E-state index contributed by atoms with van der Waals surface area (Å²) >= 11 is 0. The van der Waals surface area contributed by atoms with Crippen molar-refractivity contribution in [2.45, 2.75) is 6.54 Å². The summed E-state index contributed by atoms with van der Waals surface area (Å²) in [4.78, 5) is 2.10. The van der Waals surface area contributed by atoms with E-state index >= 15 is 0 Å². The highest BCUT2D eigenvalue weighted by atomic mass is 16.3. The Balaban J connectivity index is 2.43. The fourth-order valence-electron chi connectivity index (χ4n) is 1.30. The summed E-state index contributed by atoms with van der Waals surface area (Å²) < 4.78 is 0. The largest absolute Gasteiger partial charge is 0.508 e. The predicted molar refractivity (Wildman–Crippen MR) is 62.8 cm³/mol. The fraction of sp³-hybridized carbons (Fsp3) is 0.455. The van der Waals surface area contributed by atoms with Crippen molar-refractivity contribution in [2.24, 2.45) is 0 Å². The van der Waals surface area contributed by atoms with Crippen molar-refractivity contribution in [1.29, 1.82) is 0 Å². The average molecular weight is 209 g/mol. The molecule has 84 valence electrons. The van der Waals surface area contributed by atoms with Gasteiger partial charge in [0.2, 0.25) is 0 Å². The number of hydrogen-bond donors (Lipinski definition) is 3. The van der Waals surface area contributed by atoms with Gasteiger partial charge in [-0.15, -0.1) is 0 Å². The zero-order valence-corrected chi connectivity index (χ0v) is 9.33. The maximum absolute atomic E-state index is 9.57. The van der Waals surface area contributed by atoms with Gasteiger partial charge >= 0.3 is 0 Å². The molecule has 0 aromatic heterocycles. The second kappa shape index (κ2) is 5.58. The quantitative estimate of drug-likeness (QED) is 0.491. The minimum Gasteiger partial charge on any atom is -0.508 e. The molecule has 0 radical (unpaired) electrons. The first-order valence-corrected chi connectivity index (χ1v) is 5.03. The molecule has 0 aliphatic heterocycles. The van der Waals surface area contributed by atoms with Crippen LogP contribution in [0.4, 0.5) is 5.69 Å². The van der Waals surface area contributed by atoms with Crippen LogP contribution in [0.5, 0.6) is 5.75 Å². The molecule has 15 heavy (non-hydrogen) atoms. The van der Waals surface area contributed by atoms with Gasteiger partial charge in [-0.1, -0.05) is 6.07 Å². The van der Waals surface area contributed by atoms with Crippen molar-refractivity contribution in [3.05, 3.63) is 23.8 Å². The van der Waals surface area contributed by atoms with E-state index in [1.165, 1.54) is 0 Å². The predicted octanol–water partition coefficient (Wildman–Crippen LogP) is 0.626. The summed E-state index contributed by atoms with van der Waals surface area (Å²) in [6, 6.07) is 5.19. The average Bonchev–Trinajstić information content (AvgIpc) is 2.15. The lowest BCUT2D eigenvalue weighted by molar-refractivity contribution is 0.398. The number of phenolic OH excluding ortho intramolecular Hbond substituents is 1. The van der Waals surface area contributed by atoms with E-state index in [9.17, 15) is 5.11 Å². The van der Waals surface area contributed by atoms with Gasteiger partial charge in [-0.25, -0.2) is 0 Å². The van der Waals surface area contributed by atoms with Crippen LogP contribution in [-0.4, -0.2) is 37.2 Å². The standard InChI is InChI=1S/C11H19N3O/c1-14(2)7-6-13-8-9-10(12)4-3-5-11(9)15/h3-5,13,15H,6-8,12H2,1-2H3. The topological polar surface area (TPSA) is 61.5 Å². The lowest BCUT2D eigenvalue weighted by atomic mass is 10.1. The molecule has 1 rings (SSSR count). The Morgan fingerprint density at radius 3 is 2.73 bits per heavy atom. The molecule has 0 spiro atoms. The SMILES string of the molecule is CN(C)CCNCc1c(N)cccc1O. The van der Waals surface area contributed by atoms with Gasteiger partial charge in [0.1, 0.15) is 5.75 Å². The van der Waals surface area contributed by atoms with Gasteiger partial charge < -0.3 is 21.1 Å². The molecule has 0 saturated heterocycles. The molecule has 0 fully saturated rings. The number of phenols is 1. The van der Waals surface area contributed by atoms with Crippen LogP contribution in [0, 0.1) is 0 Å². The maximum Gasteiger partial charge on any atom is 0.122 e. The van der Waals surface area contributed by atoms with Gasteiger partial charge in [0.15, 0.2) is 0 Å². The maximum atomic E-state index is 9.57. The van der Waals surface area contributed by atoms with Gasteiger partial charge in [-0.05, 0) is 26.2 Å². The smallest absolute Gasteiger partial charge is 0.122 e. The molecule has 0 aliphatic carbocycles. The van der Waals surface area contributed by atoms with Crippen LogP contribution in [0.15, 0.2) is 18.2 Å². The van der Waals surface area contributed by atoms with Crippen molar-refractivity contribution in [3.63, 3.8) is 0 Å². The molecule has 0 aliphatic rings. The molecular weight excluding hydrogens is 190 g/mol. The number of nitrogens with zero attached hydrogens (tertiary/aromatic N) is 1. The lowest BCUT2D eigenvalue weighted by Crippen LogP contribution is -2.26. The van der Waals surface area contributed by atoms with Crippen LogP contribution in [0.2, 0.25) is 0 Å². The van der Waals surface area contributed by atoms with E-state index < -0.39 is 0 Å². The van der Waals surface area contributed by atoms with Crippen LogP contribution >= 0.6 is 0 Å². The molecule has 0 amide bonds. The molecule has 4 heteroatoms. The van der Waals surface area contributed by atoms with Gasteiger partial charge in [-0.3, -0.25) is 0 Å². The number of anilines is 1. The third-order valence-corrected chi connectivity index (χ3v) is 2.23. The van der Waals surface area contributed by atoms with Crippen molar-refractivity contribution in [3.8, 4) is 5.75 Å². The molecule has 0 heterocycles. The third-order valence-electron chi connectivity index (χ3n) is 2.23. The molecule has 1 aromatic rings. The second-order valence-corrected chi connectivity index (χ2v) is 3.82. The number of hydrogen-bond acceptors (Lipinski definition) is 4. The minimum absolute atomic E-state index is 0.257. The highest BCUT2D eigenvalue weighted by molar-refractivity contribution is 5.53. The number of nitrogen functional groups attached to an aromatic ring is 1. The Morgan fingerprint density at radius 2 is 2.13 bits per heavy atom. The monoisotopic (exact) mass is 209 g/mol. The van der Waals surface area contributed by atoms with Crippen molar-refractivity contribution >= 4 is 5.69 Å². The molecule has 4 N–H and O–H groups in total. The van der Waals surface area contributed by atoms with Crippen LogP contribution < -0.4 is 11.1 Å². The summed E-state index contributed by atoms with van der Waals surface area (Å²) in [6.45, 7) is 2.45.